The molecular formula is C20H31ClN4O. The molecule has 0 aliphatic carbocycles. The van der Waals surface area contributed by atoms with Crippen LogP contribution >= 0.6 is 11.6 Å². The second-order valence-electron chi connectivity index (χ2n) is 7.76. The Bertz CT molecular complexity index is 580. The van der Waals surface area contributed by atoms with Crippen molar-refractivity contribution in [1.29, 1.82) is 0 Å². The maximum Gasteiger partial charge on any atom is 0.314 e. The standard InChI is InChI=1S/C20H31ClN4O/c1-16-3-2-10-24(14-16)12-9-22-20(26)23-13-17-8-11-25(15-17)19-6-4-18(21)5-7-19/h4-7,16-17H,2-3,8-15H2,1H3,(H2,22,23,26)/t16-,17+/m1/s1. The fourth-order valence-electron chi connectivity index (χ4n) is 4.00. The summed E-state index contributed by atoms with van der Waals surface area (Å²) in [6.45, 7) is 9.04. The van der Waals surface area contributed by atoms with Crippen LogP contribution in [0.2, 0.25) is 5.02 Å². The Morgan fingerprint density at radius 2 is 1.96 bits per heavy atom. The molecule has 0 saturated carbocycles. The Balaban J connectivity index is 1.30. The third-order valence-electron chi connectivity index (χ3n) is 5.48. The van der Waals surface area contributed by atoms with Crippen molar-refractivity contribution in [2.75, 3.05) is 50.7 Å². The maximum atomic E-state index is 12.0. The molecule has 0 aromatic heterocycles. The molecule has 1 aromatic rings. The summed E-state index contributed by atoms with van der Waals surface area (Å²) < 4.78 is 0. The van der Waals surface area contributed by atoms with Crippen LogP contribution in [-0.2, 0) is 0 Å². The van der Waals surface area contributed by atoms with Crippen molar-refractivity contribution < 1.29 is 4.79 Å². The summed E-state index contributed by atoms with van der Waals surface area (Å²) in [7, 11) is 0. The molecule has 2 aliphatic rings. The van der Waals surface area contributed by atoms with E-state index in [-0.39, 0.29) is 6.03 Å². The monoisotopic (exact) mass is 378 g/mol. The van der Waals surface area contributed by atoms with Gasteiger partial charge in [0.2, 0.25) is 0 Å². The van der Waals surface area contributed by atoms with Gasteiger partial charge in [-0.25, -0.2) is 4.79 Å². The molecule has 2 N–H and O–H groups in total. The van der Waals surface area contributed by atoms with Gasteiger partial charge in [0, 0.05) is 50.0 Å². The second kappa shape index (κ2) is 9.47. The van der Waals surface area contributed by atoms with Crippen LogP contribution in [0.3, 0.4) is 0 Å². The van der Waals surface area contributed by atoms with E-state index in [1.54, 1.807) is 0 Å². The summed E-state index contributed by atoms with van der Waals surface area (Å²) in [5.74, 6) is 1.28. The molecule has 26 heavy (non-hydrogen) atoms. The second-order valence-corrected chi connectivity index (χ2v) is 8.20. The third-order valence-corrected chi connectivity index (χ3v) is 5.74. The number of likely N-dealkylation sites (tertiary alicyclic amines) is 1. The Kier molecular flexibility index (Phi) is 7.03. The predicted molar refractivity (Wildman–Crippen MR) is 108 cm³/mol. The maximum absolute atomic E-state index is 12.0. The van der Waals surface area contributed by atoms with Crippen LogP contribution in [0, 0.1) is 11.8 Å². The average molecular weight is 379 g/mol. The number of nitrogens with zero attached hydrogens (tertiary/aromatic N) is 2. The minimum Gasteiger partial charge on any atom is -0.371 e. The number of carbonyl (C=O) groups excluding carboxylic acids is 1. The zero-order chi connectivity index (χ0) is 18.4. The van der Waals surface area contributed by atoms with Crippen molar-refractivity contribution in [3.05, 3.63) is 29.3 Å². The molecule has 2 atom stereocenters. The van der Waals surface area contributed by atoms with Crippen molar-refractivity contribution >= 4 is 23.3 Å². The van der Waals surface area contributed by atoms with E-state index in [4.69, 9.17) is 11.6 Å². The molecule has 6 heteroatoms. The third kappa shape index (κ3) is 5.78. The van der Waals surface area contributed by atoms with E-state index in [1.165, 1.54) is 18.5 Å². The molecule has 3 rings (SSSR count). The van der Waals surface area contributed by atoms with Crippen molar-refractivity contribution in [2.45, 2.75) is 26.2 Å². The molecule has 2 amide bonds. The molecule has 144 valence electrons. The SMILES string of the molecule is C[C@@H]1CCCN(CCNC(=O)NC[C@@H]2CCN(c3ccc(Cl)cc3)C2)C1. The highest BCUT2D eigenvalue weighted by Gasteiger charge is 2.23. The zero-order valence-corrected chi connectivity index (χ0v) is 16.5. The first-order valence-electron chi connectivity index (χ1n) is 9.84. The van der Waals surface area contributed by atoms with E-state index in [9.17, 15) is 4.79 Å². The highest BCUT2D eigenvalue weighted by atomic mass is 35.5. The lowest BCUT2D eigenvalue weighted by Gasteiger charge is -2.30. The summed E-state index contributed by atoms with van der Waals surface area (Å²) in [5, 5.41) is 6.80. The number of hydrogen-bond acceptors (Lipinski definition) is 3. The number of hydrogen-bond donors (Lipinski definition) is 2. The number of anilines is 1. The molecule has 1 aromatic carbocycles. The fourth-order valence-corrected chi connectivity index (χ4v) is 4.13. The van der Waals surface area contributed by atoms with Crippen LogP contribution < -0.4 is 15.5 Å². The Morgan fingerprint density at radius 3 is 2.73 bits per heavy atom. The molecule has 0 spiro atoms. The number of urea groups is 1. The van der Waals surface area contributed by atoms with Crippen LogP contribution in [0.5, 0.6) is 0 Å². The van der Waals surface area contributed by atoms with Gasteiger partial charge >= 0.3 is 6.03 Å². The summed E-state index contributed by atoms with van der Waals surface area (Å²) in [6, 6.07) is 7.94. The molecule has 2 aliphatic heterocycles. The molecule has 2 fully saturated rings. The van der Waals surface area contributed by atoms with E-state index in [2.05, 4.69) is 39.5 Å². The highest BCUT2D eigenvalue weighted by Crippen LogP contribution is 2.24. The van der Waals surface area contributed by atoms with Gasteiger partial charge in [0.25, 0.3) is 0 Å². The lowest BCUT2D eigenvalue weighted by Crippen LogP contribution is -2.44. The normalized spacial score (nSPS) is 23.8. The minimum atomic E-state index is -0.0417. The quantitative estimate of drug-likeness (QED) is 0.799. The zero-order valence-electron chi connectivity index (χ0n) is 15.7. The Morgan fingerprint density at radius 1 is 1.15 bits per heavy atom. The minimum absolute atomic E-state index is 0.0417. The summed E-state index contributed by atoms with van der Waals surface area (Å²) >= 11 is 5.95. The number of halogens is 1. The van der Waals surface area contributed by atoms with E-state index in [0.717, 1.165) is 63.2 Å². The summed E-state index contributed by atoms with van der Waals surface area (Å²) in [5.41, 5.74) is 1.21. The smallest absolute Gasteiger partial charge is 0.314 e. The van der Waals surface area contributed by atoms with Gasteiger partial charge in [-0.3, -0.25) is 0 Å². The van der Waals surface area contributed by atoms with Gasteiger partial charge < -0.3 is 20.4 Å². The first-order chi connectivity index (χ1) is 12.6. The summed E-state index contributed by atoms with van der Waals surface area (Å²) in [4.78, 5) is 16.8. The molecule has 2 heterocycles. The van der Waals surface area contributed by atoms with Crippen molar-refractivity contribution in [3.63, 3.8) is 0 Å². The molecule has 0 radical (unpaired) electrons. The van der Waals surface area contributed by atoms with Gasteiger partial charge in [-0.15, -0.1) is 0 Å². The summed E-state index contributed by atoms with van der Waals surface area (Å²) in [6.07, 6.45) is 3.71. The Labute approximate surface area is 162 Å². The van der Waals surface area contributed by atoms with Crippen molar-refractivity contribution in [1.82, 2.24) is 15.5 Å². The number of piperidine rings is 1. The first kappa shape index (κ1) is 19.3. The average Bonchev–Trinajstić information content (AvgIpc) is 3.10. The van der Waals surface area contributed by atoms with Gasteiger partial charge in [-0.2, -0.15) is 0 Å². The van der Waals surface area contributed by atoms with Crippen LogP contribution in [-0.4, -0.2) is 56.7 Å². The molecule has 0 unspecified atom stereocenters. The van der Waals surface area contributed by atoms with E-state index in [0.29, 0.717) is 5.92 Å². The van der Waals surface area contributed by atoms with Crippen molar-refractivity contribution in [2.24, 2.45) is 11.8 Å². The van der Waals surface area contributed by atoms with Crippen LogP contribution in [0.15, 0.2) is 24.3 Å². The lowest BCUT2D eigenvalue weighted by molar-refractivity contribution is 0.183. The van der Waals surface area contributed by atoms with E-state index < -0.39 is 0 Å². The highest BCUT2D eigenvalue weighted by molar-refractivity contribution is 6.30. The number of rotatable bonds is 6. The van der Waals surface area contributed by atoms with E-state index >= 15 is 0 Å². The van der Waals surface area contributed by atoms with Gasteiger partial charge in [0.05, 0.1) is 0 Å². The van der Waals surface area contributed by atoms with Crippen LogP contribution in [0.25, 0.3) is 0 Å². The molecule has 0 bridgehead atoms. The van der Waals surface area contributed by atoms with Gasteiger partial charge in [0.15, 0.2) is 0 Å². The van der Waals surface area contributed by atoms with E-state index in [1.807, 2.05) is 12.1 Å². The predicted octanol–water partition coefficient (Wildman–Crippen LogP) is 3.20. The van der Waals surface area contributed by atoms with Crippen LogP contribution in [0.1, 0.15) is 26.2 Å². The van der Waals surface area contributed by atoms with Gasteiger partial charge in [-0.1, -0.05) is 18.5 Å². The Hall–Kier alpha value is -1.46. The fraction of sp³-hybridized carbons (Fsp3) is 0.650. The largest absolute Gasteiger partial charge is 0.371 e. The van der Waals surface area contributed by atoms with Gasteiger partial charge in [-0.05, 0) is 61.9 Å². The van der Waals surface area contributed by atoms with Gasteiger partial charge in [0.1, 0.15) is 0 Å². The number of benzene rings is 1. The lowest BCUT2D eigenvalue weighted by atomic mass is 10.0. The molecule has 2 saturated heterocycles. The van der Waals surface area contributed by atoms with Crippen molar-refractivity contribution in [3.8, 4) is 0 Å². The van der Waals surface area contributed by atoms with Crippen LogP contribution in [0.4, 0.5) is 10.5 Å². The molecule has 5 nitrogen and oxygen atoms in total. The number of carbonyl (C=O) groups is 1. The number of amides is 2. The number of nitrogens with one attached hydrogen (secondary N) is 2. The topological polar surface area (TPSA) is 47.6 Å². The first-order valence-corrected chi connectivity index (χ1v) is 10.2. The molecular weight excluding hydrogens is 348 g/mol.